The molecule has 0 aromatic heterocycles. The van der Waals surface area contributed by atoms with E-state index in [1.54, 1.807) is 54.6 Å². The van der Waals surface area contributed by atoms with Crippen molar-refractivity contribution in [2.75, 3.05) is 23.8 Å². The highest BCUT2D eigenvalue weighted by Crippen LogP contribution is 2.32. The molecule has 0 aliphatic heterocycles. The fraction of sp³-hybridized carbons (Fsp3) is 0.286. The van der Waals surface area contributed by atoms with Gasteiger partial charge in [0.2, 0.25) is 12.3 Å². The maximum atomic E-state index is 13.6. The average Bonchev–Trinajstić information content (AvgIpc) is 4.05. The fourth-order valence-corrected chi connectivity index (χ4v) is 5.88. The number of nitrogens with two attached hydrogens (primary N) is 1. The largest absolute Gasteiger partial charge is 0.492 e. The lowest BCUT2D eigenvalue weighted by Gasteiger charge is -2.23. The Bertz CT molecular complexity index is 2000. The number of guanidine groups is 1. The second-order valence-electron chi connectivity index (χ2n) is 13.4. The molecule has 5 rings (SSSR count). The minimum atomic E-state index is -0.307. The highest BCUT2D eigenvalue weighted by molar-refractivity contribution is 6.04. The molecule has 56 heavy (non-hydrogen) atoms. The van der Waals surface area contributed by atoms with E-state index in [0.717, 1.165) is 36.0 Å². The molecule has 14 nitrogen and oxygen atoms in total. The molecule has 0 heterocycles. The number of rotatable bonds is 20. The summed E-state index contributed by atoms with van der Waals surface area (Å²) in [7, 11) is 0. The van der Waals surface area contributed by atoms with Crippen molar-refractivity contribution in [2.45, 2.75) is 64.7 Å². The third-order valence-corrected chi connectivity index (χ3v) is 9.08. The summed E-state index contributed by atoms with van der Waals surface area (Å²) >= 11 is 0. The summed E-state index contributed by atoms with van der Waals surface area (Å²) < 4.78 is 5.64. The van der Waals surface area contributed by atoms with Crippen LogP contribution in [-0.2, 0) is 29.2 Å². The Kier molecular flexibility index (Phi) is 14.5. The molecule has 0 saturated heterocycles. The number of carbonyl (C=O) groups excluding carboxylic acids is 5. The maximum Gasteiger partial charge on any atom is 0.255 e. The number of nitrogens with one attached hydrogen (secondary N) is 6. The van der Waals surface area contributed by atoms with E-state index in [1.807, 2.05) is 48.2 Å². The lowest BCUT2D eigenvalue weighted by Crippen LogP contribution is -2.32. The molecule has 4 aromatic carbocycles. The zero-order valence-electron chi connectivity index (χ0n) is 31.4. The minimum Gasteiger partial charge on any atom is -0.492 e. The first-order valence-electron chi connectivity index (χ1n) is 18.6. The third kappa shape index (κ3) is 12.2. The van der Waals surface area contributed by atoms with Crippen molar-refractivity contribution in [2.24, 2.45) is 5.73 Å². The fourth-order valence-electron chi connectivity index (χ4n) is 5.88. The molecular weight excluding hydrogens is 713 g/mol. The molecule has 1 aliphatic rings. The number of ether oxygens (including phenoxy) is 1. The van der Waals surface area contributed by atoms with Crippen molar-refractivity contribution in [1.82, 2.24) is 20.9 Å². The van der Waals surface area contributed by atoms with Gasteiger partial charge < -0.3 is 42.0 Å². The Balaban J connectivity index is 1.06. The van der Waals surface area contributed by atoms with Gasteiger partial charge >= 0.3 is 0 Å². The number of carbonyl (C=O) groups is 5. The van der Waals surface area contributed by atoms with E-state index in [2.05, 4.69) is 26.6 Å². The molecule has 292 valence electrons. The second-order valence-corrected chi connectivity index (χ2v) is 13.4. The van der Waals surface area contributed by atoms with Crippen molar-refractivity contribution < 1.29 is 28.7 Å². The summed E-state index contributed by atoms with van der Waals surface area (Å²) in [5.74, 6) is -0.388. The van der Waals surface area contributed by atoms with Gasteiger partial charge in [-0.3, -0.25) is 29.4 Å². The minimum absolute atomic E-state index is 0.0425. The summed E-state index contributed by atoms with van der Waals surface area (Å²) in [4.78, 5) is 64.3. The quantitative estimate of drug-likeness (QED) is 0.0284. The molecule has 5 amide bonds. The predicted octanol–water partition coefficient (Wildman–Crippen LogP) is 4.91. The van der Waals surface area contributed by atoms with Gasteiger partial charge in [-0.25, -0.2) is 0 Å². The van der Waals surface area contributed by atoms with Crippen molar-refractivity contribution in [3.8, 4) is 5.75 Å². The SMILES string of the molecule is CCOc1cc(C(=O)N(Cc2ccc(C(=O)Nc3ccc(C(=O)NCc4ccc(CNC(=O)CCCCNC(=N)N)cc4)cc3)cc2)C2CC2)ccc1NC=O. The number of nitrogens with zero attached hydrogens (tertiary/aromatic N) is 1. The standard InChI is InChI=1S/C42H48N8O6/c1-2-56-37-23-33(16-21-36(37)48-27-51)41(55)50(35-19-20-35)26-30-10-12-32(13-11-30)40(54)49-34-17-14-31(15-18-34)39(53)47-25-29-8-6-28(7-9-29)24-46-38(52)5-3-4-22-45-42(43)44/h6-18,21,23,27,35H,2-5,19-20,22,24-26H2,1H3,(H,46,52)(H,47,53)(H,48,51)(H,49,54)(H4,43,44,45). The summed E-state index contributed by atoms with van der Waals surface area (Å²) in [6.45, 7) is 3.89. The number of hydrogen-bond acceptors (Lipinski definition) is 7. The van der Waals surface area contributed by atoms with Crippen LogP contribution in [0.5, 0.6) is 5.75 Å². The molecular formula is C42H48N8O6. The predicted molar refractivity (Wildman–Crippen MR) is 214 cm³/mol. The molecule has 14 heteroatoms. The summed E-state index contributed by atoms with van der Waals surface area (Å²) in [5.41, 5.74) is 10.4. The van der Waals surface area contributed by atoms with E-state index in [1.165, 1.54) is 0 Å². The zero-order valence-corrected chi connectivity index (χ0v) is 31.4. The van der Waals surface area contributed by atoms with Crippen molar-refractivity contribution in [3.05, 3.63) is 124 Å². The normalized spacial score (nSPS) is 11.8. The van der Waals surface area contributed by atoms with Gasteiger partial charge in [-0.2, -0.15) is 0 Å². The first-order valence-corrected chi connectivity index (χ1v) is 18.6. The summed E-state index contributed by atoms with van der Waals surface area (Å²) in [5, 5.41) is 21.1. The first kappa shape index (κ1) is 40.5. The summed E-state index contributed by atoms with van der Waals surface area (Å²) in [6.07, 6.45) is 4.24. The second kappa shape index (κ2) is 20.1. The molecule has 1 aliphatic carbocycles. The number of benzene rings is 4. The van der Waals surface area contributed by atoms with Crippen LogP contribution >= 0.6 is 0 Å². The van der Waals surface area contributed by atoms with E-state index >= 15 is 0 Å². The topological polar surface area (TPSA) is 208 Å². The van der Waals surface area contributed by atoms with Crippen LogP contribution in [0.4, 0.5) is 11.4 Å². The third-order valence-electron chi connectivity index (χ3n) is 9.08. The number of hydrogen-bond donors (Lipinski definition) is 7. The molecule has 0 spiro atoms. The van der Waals surface area contributed by atoms with Gasteiger partial charge in [0.15, 0.2) is 5.96 Å². The van der Waals surface area contributed by atoms with Crippen LogP contribution in [0, 0.1) is 5.41 Å². The van der Waals surface area contributed by atoms with Gasteiger partial charge in [0, 0.05) is 61.0 Å². The molecule has 8 N–H and O–H groups in total. The smallest absolute Gasteiger partial charge is 0.255 e. The Morgan fingerprint density at radius 2 is 1.39 bits per heavy atom. The van der Waals surface area contributed by atoms with Gasteiger partial charge in [-0.1, -0.05) is 36.4 Å². The van der Waals surface area contributed by atoms with Crippen LogP contribution in [0.15, 0.2) is 91.0 Å². The van der Waals surface area contributed by atoms with Gasteiger partial charge in [0.25, 0.3) is 17.7 Å². The average molecular weight is 761 g/mol. The van der Waals surface area contributed by atoms with Crippen LogP contribution < -0.4 is 37.1 Å². The van der Waals surface area contributed by atoms with Gasteiger partial charge in [0.1, 0.15) is 5.75 Å². The van der Waals surface area contributed by atoms with E-state index in [9.17, 15) is 24.0 Å². The Morgan fingerprint density at radius 3 is 2.02 bits per heavy atom. The lowest BCUT2D eigenvalue weighted by molar-refractivity contribution is -0.121. The molecule has 0 atom stereocenters. The highest BCUT2D eigenvalue weighted by Gasteiger charge is 2.33. The Hall–Kier alpha value is -6.70. The first-order chi connectivity index (χ1) is 27.1. The van der Waals surface area contributed by atoms with Crippen LogP contribution in [0.3, 0.4) is 0 Å². The molecule has 1 saturated carbocycles. The lowest BCUT2D eigenvalue weighted by atomic mass is 10.1. The molecule has 0 radical (unpaired) electrons. The molecule has 0 unspecified atom stereocenters. The molecule has 4 aromatic rings. The highest BCUT2D eigenvalue weighted by atomic mass is 16.5. The van der Waals surface area contributed by atoms with Gasteiger partial charge in [0.05, 0.1) is 12.3 Å². The Labute approximate surface area is 326 Å². The van der Waals surface area contributed by atoms with Crippen molar-refractivity contribution in [1.29, 1.82) is 5.41 Å². The summed E-state index contributed by atoms with van der Waals surface area (Å²) in [6, 6.07) is 26.5. The van der Waals surface area contributed by atoms with Crippen LogP contribution in [0.25, 0.3) is 0 Å². The van der Waals surface area contributed by atoms with Crippen molar-refractivity contribution >= 4 is 47.4 Å². The number of amides is 5. The molecule has 0 bridgehead atoms. The van der Waals surface area contributed by atoms with Crippen LogP contribution in [-0.4, -0.2) is 60.1 Å². The van der Waals surface area contributed by atoms with E-state index in [0.29, 0.717) is 85.9 Å². The van der Waals surface area contributed by atoms with Gasteiger partial charge in [-0.05, 0) is 104 Å². The zero-order chi connectivity index (χ0) is 39.9. The number of anilines is 2. The van der Waals surface area contributed by atoms with E-state index < -0.39 is 0 Å². The maximum absolute atomic E-state index is 13.6. The van der Waals surface area contributed by atoms with Crippen molar-refractivity contribution in [3.63, 3.8) is 0 Å². The monoisotopic (exact) mass is 760 g/mol. The molecule has 1 fully saturated rings. The Morgan fingerprint density at radius 1 is 0.786 bits per heavy atom. The van der Waals surface area contributed by atoms with E-state index in [-0.39, 0.29) is 35.6 Å². The van der Waals surface area contributed by atoms with E-state index in [4.69, 9.17) is 15.9 Å². The van der Waals surface area contributed by atoms with Crippen LogP contribution in [0.2, 0.25) is 0 Å². The number of unbranched alkanes of at least 4 members (excludes halogenated alkanes) is 1. The van der Waals surface area contributed by atoms with Gasteiger partial charge in [-0.15, -0.1) is 0 Å². The van der Waals surface area contributed by atoms with Crippen LogP contribution in [0.1, 0.15) is 86.8 Å².